The highest BCUT2D eigenvalue weighted by Gasteiger charge is 2.35. The molecule has 6 heteroatoms. The third kappa shape index (κ3) is 3.41. The first kappa shape index (κ1) is 15.5. The SMILES string of the molecule is CC(C)C(=O)N1CC(CS(=O)(=O)c2ccc(Br)cc2)C1. The Morgan fingerprint density at radius 2 is 1.85 bits per heavy atom. The van der Waals surface area contributed by atoms with E-state index in [0.717, 1.165) is 4.47 Å². The lowest BCUT2D eigenvalue weighted by atomic mass is 10.0. The van der Waals surface area contributed by atoms with Crippen molar-refractivity contribution >= 4 is 31.7 Å². The van der Waals surface area contributed by atoms with Gasteiger partial charge in [-0.2, -0.15) is 0 Å². The van der Waals surface area contributed by atoms with Crippen molar-refractivity contribution in [1.29, 1.82) is 0 Å². The van der Waals surface area contributed by atoms with Crippen molar-refractivity contribution in [3.63, 3.8) is 0 Å². The monoisotopic (exact) mass is 359 g/mol. The molecule has 0 aromatic heterocycles. The minimum absolute atomic E-state index is 0.0287. The average molecular weight is 360 g/mol. The highest BCUT2D eigenvalue weighted by molar-refractivity contribution is 9.10. The van der Waals surface area contributed by atoms with Gasteiger partial charge in [-0.15, -0.1) is 0 Å². The van der Waals surface area contributed by atoms with E-state index in [1.54, 1.807) is 29.2 Å². The summed E-state index contributed by atoms with van der Waals surface area (Å²) in [7, 11) is -3.27. The molecule has 0 N–H and O–H groups in total. The van der Waals surface area contributed by atoms with Crippen LogP contribution >= 0.6 is 15.9 Å². The number of amides is 1. The summed E-state index contributed by atoms with van der Waals surface area (Å²) in [6.45, 7) is 4.81. The van der Waals surface area contributed by atoms with Crippen LogP contribution in [-0.4, -0.2) is 38.1 Å². The minimum atomic E-state index is -3.27. The third-order valence-corrected chi connectivity index (χ3v) is 5.82. The fraction of sp³-hybridized carbons (Fsp3) is 0.500. The molecule has 4 nitrogen and oxygen atoms in total. The number of nitrogens with zero attached hydrogens (tertiary/aromatic N) is 1. The first-order valence-electron chi connectivity index (χ1n) is 6.56. The summed E-state index contributed by atoms with van der Waals surface area (Å²) in [6.07, 6.45) is 0. The molecular formula is C14H18BrNO3S. The van der Waals surface area contributed by atoms with Gasteiger partial charge in [0.25, 0.3) is 0 Å². The number of benzene rings is 1. The second-order valence-electron chi connectivity index (χ2n) is 5.50. The van der Waals surface area contributed by atoms with Gasteiger partial charge in [0.05, 0.1) is 10.6 Å². The van der Waals surface area contributed by atoms with Gasteiger partial charge in [0.1, 0.15) is 0 Å². The van der Waals surface area contributed by atoms with Crippen LogP contribution in [0.1, 0.15) is 13.8 Å². The molecule has 20 heavy (non-hydrogen) atoms. The summed E-state index contributed by atoms with van der Waals surface area (Å²) in [5.41, 5.74) is 0. The van der Waals surface area contributed by atoms with Gasteiger partial charge in [-0.1, -0.05) is 29.8 Å². The number of carbonyl (C=O) groups is 1. The topological polar surface area (TPSA) is 54.5 Å². The molecule has 1 fully saturated rings. The molecule has 0 spiro atoms. The van der Waals surface area contributed by atoms with E-state index < -0.39 is 9.84 Å². The number of sulfone groups is 1. The third-order valence-electron chi connectivity index (χ3n) is 3.39. The standard InChI is InChI=1S/C14H18BrNO3S/c1-10(2)14(17)16-7-11(8-16)9-20(18,19)13-5-3-12(15)4-6-13/h3-6,10-11H,7-9H2,1-2H3. The highest BCUT2D eigenvalue weighted by Crippen LogP contribution is 2.23. The summed E-state index contributed by atoms with van der Waals surface area (Å²) in [5.74, 6) is 0.226. The van der Waals surface area contributed by atoms with Crippen LogP contribution in [0.5, 0.6) is 0 Å². The molecule has 1 aliphatic rings. The normalized spacial score (nSPS) is 16.3. The molecule has 0 unspecified atom stereocenters. The smallest absolute Gasteiger partial charge is 0.225 e. The Morgan fingerprint density at radius 3 is 2.35 bits per heavy atom. The van der Waals surface area contributed by atoms with Crippen LogP contribution in [0.25, 0.3) is 0 Å². The zero-order valence-corrected chi connectivity index (χ0v) is 13.9. The maximum atomic E-state index is 12.2. The molecule has 0 aliphatic carbocycles. The summed E-state index contributed by atoms with van der Waals surface area (Å²) < 4.78 is 25.3. The lowest BCUT2D eigenvalue weighted by molar-refractivity contribution is -0.140. The summed E-state index contributed by atoms with van der Waals surface area (Å²) >= 11 is 3.29. The van der Waals surface area contributed by atoms with Gasteiger partial charge >= 0.3 is 0 Å². The first-order chi connectivity index (χ1) is 9.29. The number of halogens is 1. The fourth-order valence-electron chi connectivity index (χ4n) is 2.27. The molecule has 1 amide bonds. The number of likely N-dealkylation sites (tertiary alicyclic amines) is 1. The van der Waals surface area contributed by atoms with Crippen molar-refractivity contribution in [1.82, 2.24) is 4.90 Å². The van der Waals surface area contributed by atoms with E-state index in [4.69, 9.17) is 0 Å². The van der Waals surface area contributed by atoms with Crippen LogP contribution in [0.2, 0.25) is 0 Å². The van der Waals surface area contributed by atoms with Gasteiger partial charge in [0.15, 0.2) is 9.84 Å². The van der Waals surface area contributed by atoms with Crippen molar-refractivity contribution in [3.8, 4) is 0 Å². The average Bonchev–Trinajstić information content (AvgIpc) is 2.33. The predicted octanol–water partition coefficient (Wildman–Crippen LogP) is 2.34. The molecule has 110 valence electrons. The number of carbonyl (C=O) groups excluding carboxylic acids is 1. The highest BCUT2D eigenvalue weighted by atomic mass is 79.9. The van der Waals surface area contributed by atoms with E-state index in [1.807, 2.05) is 13.8 Å². The fourth-order valence-corrected chi connectivity index (χ4v) is 4.11. The Kier molecular flexibility index (Phi) is 4.54. The van der Waals surface area contributed by atoms with Gasteiger partial charge in [0.2, 0.25) is 5.91 Å². The van der Waals surface area contributed by atoms with Crippen molar-refractivity contribution in [2.24, 2.45) is 11.8 Å². The van der Waals surface area contributed by atoms with Gasteiger partial charge in [-0.25, -0.2) is 8.42 Å². The maximum Gasteiger partial charge on any atom is 0.225 e. The zero-order valence-electron chi connectivity index (χ0n) is 11.5. The summed E-state index contributed by atoms with van der Waals surface area (Å²) in [5, 5.41) is 0. The van der Waals surface area contributed by atoms with Crippen LogP contribution < -0.4 is 0 Å². The number of hydrogen-bond donors (Lipinski definition) is 0. The Balaban J connectivity index is 1.95. The maximum absolute atomic E-state index is 12.2. The summed E-state index contributed by atoms with van der Waals surface area (Å²) in [4.78, 5) is 13.8. The van der Waals surface area contributed by atoms with E-state index in [2.05, 4.69) is 15.9 Å². The summed E-state index contributed by atoms with van der Waals surface area (Å²) in [6, 6.07) is 6.66. The van der Waals surface area contributed by atoms with Crippen LogP contribution in [0.15, 0.2) is 33.6 Å². The van der Waals surface area contributed by atoms with Crippen molar-refractivity contribution < 1.29 is 13.2 Å². The van der Waals surface area contributed by atoms with Gasteiger partial charge in [-0.3, -0.25) is 4.79 Å². The number of rotatable bonds is 4. The lowest BCUT2D eigenvalue weighted by Crippen LogP contribution is -2.53. The molecule has 0 radical (unpaired) electrons. The van der Waals surface area contributed by atoms with Crippen molar-refractivity contribution in [2.75, 3.05) is 18.8 Å². The van der Waals surface area contributed by atoms with E-state index in [0.29, 0.717) is 18.0 Å². The van der Waals surface area contributed by atoms with Gasteiger partial charge in [-0.05, 0) is 24.3 Å². The molecule has 0 saturated carbocycles. The van der Waals surface area contributed by atoms with Gasteiger partial charge in [0, 0.05) is 29.4 Å². The van der Waals surface area contributed by atoms with Crippen LogP contribution in [0.3, 0.4) is 0 Å². The molecule has 1 aliphatic heterocycles. The quantitative estimate of drug-likeness (QED) is 0.828. The predicted molar refractivity (Wildman–Crippen MR) is 81.1 cm³/mol. The molecule has 2 rings (SSSR count). The van der Waals surface area contributed by atoms with Crippen LogP contribution in [0.4, 0.5) is 0 Å². The van der Waals surface area contributed by atoms with E-state index in [1.165, 1.54) is 0 Å². The Morgan fingerprint density at radius 1 is 1.30 bits per heavy atom. The second kappa shape index (κ2) is 5.85. The van der Waals surface area contributed by atoms with Crippen LogP contribution in [0, 0.1) is 11.8 Å². The molecule has 1 aromatic carbocycles. The molecule has 0 bridgehead atoms. The lowest BCUT2D eigenvalue weighted by Gasteiger charge is -2.40. The van der Waals surface area contributed by atoms with E-state index >= 15 is 0 Å². The molecule has 1 saturated heterocycles. The number of hydrogen-bond acceptors (Lipinski definition) is 3. The Labute approximate surface area is 128 Å². The Hall–Kier alpha value is -0.880. The molecule has 0 atom stereocenters. The van der Waals surface area contributed by atoms with E-state index in [9.17, 15) is 13.2 Å². The van der Waals surface area contributed by atoms with Crippen molar-refractivity contribution in [3.05, 3.63) is 28.7 Å². The zero-order chi connectivity index (χ0) is 14.9. The molecule has 1 aromatic rings. The van der Waals surface area contributed by atoms with Crippen molar-refractivity contribution in [2.45, 2.75) is 18.7 Å². The second-order valence-corrected chi connectivity index (χ2v) is 8.45. The first-order valence-corrected chi connectivity index (χ1v) is 9.01. The molecule has 1 heterocycles. The van der Waals surface area contributed by atoms with Crippen LogP contribution in [-0.2, 0) is 14.6 Å². The van der Waals surface area contributed by atoms with E-state index in [-0.39, 0.29) is 23.5 Å². The van der Waals surface area contributed by atoms with Gasteiger partial charge < -0.3 is 4.90 Å². The largest absolute Gasteiger partial charge is 0.342 e. The Bertz CT molecular complexity index is 589. The minimum Gasteiger partial charge on any atom is -0.342 e. The molecular weight excluding hydrogens is 342 g/mol.